The molecule has 21 nitrogen and oxygen atoms in total. The molecule has 0 spiro atoms. The molecular weight excluding hydrogens is 1260 g/mol. The lowest BCUT2D eigenvalue weighted by molar-refractivity contribution is -0.0239. The van der Waals surface area contributed by atoms with Crippen LogP contribution in [0, 0.1) is 0 Å². The minimum atomic E-state index is 0.0251. The van der Waals surface area contributed by atoms with E-state index in [4.69, 9.17) is 99.8 Å². The minimum absolute atomic E-state index is 0.0251. The maximum absolute atomic E-state index is 8.63. The highest BCUT2D eigenvalue weighted by atomic mass is 16.6. The van der Waals surface area contributed by atoms with Gasteiger partial charge < -0.3 is 99.8 Å². The second-order valence-corrected chi connectivity index (χ2v) is 25.0. The van der Waals surface area contributed by atoms with Crippen LogP contribution >= 0.6 is 0 Å². The predicted molar refractivity (Wildman–Crippen MR) is 391 cm³/mol. The molecule has 0 aromatic heterocycles. The number of unbranched alkanes of at least 4 members (excludes halogenated alkanes) is 22. The van der Waals surface area contributed by atoms with Gasteiger partial charge in [0.15, 0.2) is 0 Å². The fourth-order valence-electron chi connectivity index (χ4n) is 9.70. The van der Waals surface area contributed by atoms with E-state index in [-0.39, 0.29) is 6.61 Å². The molecule has 0 saturated heterocycles. The first-order valence-corrected chi connectivity index (χ1v) is 40.1. The van der Waals surface area contributed by atoms with Crippen molar-refractivity contribution >= 4 is 0 Å². The zero-order valence-electron chi connectivity index (χ0n) is 63.4. The SMILES string of the molecule is CCCCCCCCCCCCCOCCCCOCCCCOCCCCOCCCCOCCCCOCCCCOCCCCOCCCCOCCCCOCCCCOCCCCOCCCCOCCOCCOCCOCCOCCOCCOCCOCCO. The van der Waals surface area contributed by atoms with Crippen molar-refractivity contribution in [3.8, 4) is 0 Å². The highest BCUT2D eigenvalue weighted by Gasteiger charge is 2.03. The van der Waals surface area contributed by atoms with Crippen molar-refractivity contribution in [3.63, 3.8) is 0 Å². The zero-order chi connectivity index (χ0) is 69.9. The molecule has 0 aromatic rings. The topological polar surface area (TPSA) is 205 Å². The quantitative estimate of drug-likeness (QED) is 0.0562. The van der Waals surface area contributed by atoms with Crippen LogP contribution in [0.2, 0.25) is 0 Å². The van der Waals surface area contributed by atoms with Crippen molar-refractivity contribution in [1.29, 1.82) is 0 Å². The van der Waals surface area contributed by atoms with Gasteiger partial charge in [0.05, 0.1) is 106 Å². The zero-order valence-corrected chi connectivity index (χ0v) is 63.4. The van der Waals surface area contributed by atoms with Crippen LogP contribution in [0.1, 0.15) is 232 Å². The summed E-state index contributed by atoms with van der Waals surface area (Å²) in [5.41, 5.74) is 0. The summed E-state index contributed by atoms with van der Waals surface area (Å²) >= 11 is 0. The number of aliphatic hydroxyl groups is 1. The molecule has 0 radical (unpaired) electrons. The Bertz CT molecular complexity index is 1240. The molecule has 21 heteroatoms. The van der Waals surface area contributed by atoms with E-state index in [0.29, 0.717) is 106 Å². The highest BCUT2D eigenvalue weighted by molar-refractivity contribution is 4.52. The van der Waals surface area contributed by atoms with Gasteiger partial charge in [-0.05, 0) is 161 Å². The first kappa shape index (κ1) is 97.2. The van der Waals surface area contributed by atoms with E-state index in [1.807, 2.05) is 0 Å². The van der Waals surface area contributed by atoms with Crippen LogP contribution in [-0.2, 0) is 94.7 Å². The van der Waals surface area contributed by atoms with Crippen molar-refractivity contribution in [2.75, 3.05) is 271 Å². The van der Waals surface area contributed by atoms with Gasteiger partial charge >= 0.3 is 0 Å². The van der Waals surface area contributed by atoms with Gasteiger partial charge in [0.25, 0.3) is 0 Å². The van der Waals surface area contributed by atoms with E-state index in [2.05, 4.69) is 6.92 Å². The molecule has 0 atom stereocenters. The normalized spacial score (nSPS) is 11.8. The monoisotopic (exact) mass is 1420 g/mol. The largest absolute Gasteiger partial charge is 0.394 e. The van der Waals surface area contributed by atoms with Crippen LogP contribution in [0.4, 0.5) is 0 Å². The first-order valence-electron chi connectivity index (χ1n) is 40.1. The molecule has 0 bridgehead atoms. The summed E-state index contributed by atoms with van der Waals surface area (Å²) in [6.45, 7) is 30.0. The van der Waals surface area contributed by atoms with E-state index in [1.54, 1.807) is 0 Å². The van der Waals surface area contributed by atoms with Gasteiger partial charge in [-0.2, -0.15) is 0 Å². The Morgan fingerprint density at radius 2 is 0.204 bits per heavy atom. The third kappa shape index (κ3) is 95.2. The molecule has 0 fully saturated rings. The van der Waals surface area contributed by atoms with Crippen molar-refractivity contribution in [2.24, 2.45) is 0 Å². The first-order chi connectivity index (χ1) is 48.9. The Morgan fingerprint density at radius 1 is 0.112 bits per heavy atom. The average molecular weight is 1420 g/mol. The van der Waals surface area contributed by atoms with Crippen molar-refractivity contribution in [2.45, 2.75) is 232 Å². The molecule has 0 saturated carbocycles. The summed E-state index contributed by atoms with van der Waals surface area (Å²) in [5.74, 6) is 0. The number of aliphatic hydroxyl groups excluding tert-OH is 1. The fourth-order valence-corrected chi connectivity index (χ4v) is 9.70. The third-order valence-corrected chi connectivity index (χ3v) is 15.7. The van der Waals surface area contributed by atoms with E-state index in [0.717, 1.165) is 313 Å². The molecule has 0 aromatic carbocycles. The Hall–Kier alpha value is -0.840. The van der Waals surface area contributed by atoms with Crippen LogP contribution < -0.4 is 0 Å². The van der Waals surface area contributed by atoms with E-state index in [9.17, 15) is 0 Å². The minimum Gasteiger partial charge on any atom is -0.394 e. The summed E-state index contributed by atoms with van der Waals surface area (Å²) in [5, 5.41) is 8.63. The number of hydrogen-bond acceptors (Lipinski definition) is 21. The lowest BCUT2D eigenvalue weighted by Crippen LogP contribution is -2.15. The van der Waals surface area contributed by atoms with Crippen LogP contribution in [-0.4, -0.2) is 276 Å². The predicted octanol–water partition coefficient (Wildman–Crippen LogP) is 14.0. The molecule has 0 unspecified atom stereocenters. The summed E-state index contributed by atoms with van der Waals surface area (Å²) in [6, 6.07) is 0. The van der Waals surface area contributed by atoms with Crippen molar-refractivity contribution < 1.29 is 99.8 Å². The lowest BCUT2D eigenvalue weighted by Gasteiger charge is -2.09. The van der Waals surface area contributed by atoms with Gasteiger partial charge in [0.2, 0.25) is 0 Å². The number of rotatable bonds is 95. The van der Waals surface area contributed by atoms with Crippen molar-refractivity contribution in [3.05, 3.63) is 0 Å². The Morgan fingerprint density at radius 3 is 0.337 bits per heavy atom. The summed E-state index contributed by atoms with van der Waals surface area (Å²) in [4.78, 5) is 0. The summed E-state index contributed by atoms with van der Waals surface area (Å²) in [6.07, 6.45) is 40.1. The fraction of sp³-hybridized carbons (Fsp3) is 1.00. The summed E-state index contributed by atoms with van der Waals surface area (Å²) in [7, 11) is 0. The molecule has 1 N–H and O–H groups in total. The third-order valence-electron chi connectivity index (χ3n) is 15.7. The molecule has 590 valence electrons. The van der Waals surface area contributed by atoms with Crippen LogP contribution in [0.5, 0.6) is 0 Å². The van der Waals surface area contributed by atoms with Gasteiger partial charge in [-0.25, -0.2) is 0 Å². The highest BCUT2D eigenvalue weighted by Crippen LogP contribution is 2.12. The van der Waals surface area contributed by atoms with E-state index < -0.39 is 0 Å². The molecular formula is C77H156O21. The number of ether oxygens (including phenoxy) is 20. The van der Waals surface area contributed by atoms with Crippen LogP contribution in [0.3, 0.4) is 0 Å². The smallest absolute Gasteiger partial charge is 0.0701 e. The van der Waals surface area contributed by atoms with Gasteiger partial charge in [-0.3, -0.25) is 0 Å². The molecule has 0 rings (SSSR count). The van der Waals surface area contributed by atoms with E-state index >= 15 is 0 Å². The molecule has 0 amide bonds. The standard InChI is InChI=1S/C77H156O21/c1-2-3-4-5-6-7-8-9-10-11-12-38-79-39-13-14-40-80-41-15-16-42-81-43-17-18-44-82-45-19-20-46-83-47-21-22-48-84-49-23-24-50-85-51-25-26-52-86-53-27-28-54-87-55-29-30-56-88-57-31-32-58-89-59-33-34-60-90-61-35-36-62-91-64-66-93-68-70-95-72-74-97-76-77-98-75-73-96-71-69-94-67-65-92-63-37-78/h78H,2-77H2,1H3. The Labute approximate surface area is 600 Å². The Kier molecular flexibility index (Phi) is 95.3. The molecule has 0 aliphatic rings. The molecule has 98 heavy (non-hydrogen) atoms. The maximum atomic E-state index is 8.63. The van der Waals surface area contributed by atoms with Crippen LogP contribution in [0.25, 0.3) is 0 Å². The lowest BCUT2D eigenvalue weighted by atomic mass is 10.1. The van der Waals surface area contributed by atoms with Crippen LogP contribution in [0.15, 0.2) is 0 Å². The number of hydrogen-bond donors (Lipinski definition) is 1. The van der Waals surface area contributed by atoms with E-state index in [1.165, 1.54) is 70.6 Å². The average Bonchev–Trinajstić information content (AvgIpc) is 3.63. The van der Waals surface area contributed by atoms with Crippen molar-refractivity contribution in [1.82, 2.24) is 0 Å². The second kappa shape index (κ2) is 96.2. The summed E-state index contributed by atoms with van der Waals surface area (Å²) < 4.78 is 113. The maximum Gasteiger partial charge on any atom is 0.0701 e. The van der Waals surface area contributed by atoms with Gasteiger partial charge in [0, 0.05) is 165 Å². The molecule has 0 aliphatic heterocycles. The van der Waals surface area contributed by atoms with Gasteiger partial charge in [-0.15, -0.1) is 0 Å². The Balaban J connectivity index is 3.09. The molecule has 0 aliphatic carbocycles. The molecule has 0 heterocycles. The van der Waals surface area contributed by atoms with Gasteiger partial charge in [0.1, 0.15) is 0 Å². The van der Waals surface area contributed by atoms with Gasteiger partial charge in [-0.1, -0.05) is 71.1 Å². The second-order valence-electron chi connectivity index (χ2n) is 25.0.